The molecule has 0 radical (unpaired) electrons. The number of aryl methyl sites for hydroxylation is 1. The number of likely N-dealkylation sites (tertiary alicyclic amines) is 2. The molecule has 0 saturated carbocycles. The molecule has 4 heterocycles. The summed E-state index contributed by atoms with van der Waals surface area (Å²) in [5.41, 5.74) is 5.82. The number of nitrogens with one attached hydrogen (secondary N) is 2. The minimum Gasteiger partial charge on any atom is -0.767 e. The second kappa shape index (κ2) is 14.9. The van der Waals surface area contributed by atoms with Gasteiger partial charge in [-0.2, -0.15) is 0 Å². The molecule has 6 rings (SSSR count). The van der Waals surface area contributed by atoms with Crippen LogP contribution in [0.2, 0.25) is 10.0 Å². The number of carbonyl (C=O) groups is 2. The topological polar surface area (TPSA) is 103 Å². The zero-order chi connectivity index (χ0) is 31.3. The van der Waals surface area contributed by atoms with E-state index in [-0.39, 0.29) is 24.3 Å². The zero-order valence-corrected chi connectivity index (χ0v) is 27.1. The van der Waals surface area contributed by atoms with Crippen LogP contribution < -0.4 is 10.7 Å². The van der Waals surface area contributed by atoms with Crippen molar-refractivity contribution < 1.29 is 14.3 Å². The summed E-state index contributed by atoms with van der Waals surface area (Å²) in [7, 11) is 0. The fraction of sp³-hybridized carbons (Fsp3) is 0.576. The summed E-state index contributed by atoms with van der Waals surface area (Å²) in [4.78, 5) is 33.4. The average molecular weight is 659 g/mol. The molecular formula is C33H43Cl2N6O4-. The molecule has 12 heteroatoms. The number of hydroxylamine groups is 1. The number of fused-ring (bicyclic) bond motifs is 1. The van der Waals surface area contributed by atoms with Crippen molar-refractivity contribution in [3.8, 4) is 0 Å². The number of nitrogens with zero attached hydrogens (tertiary/aromatic N) is 4. The average Bonchev–Trinajstić information content (AvgIpc) is 3.24. The quantitative estimate of drug-likeness (QED) is 0.457. The van der Waals surface area contributed by atoms with Crippen molar-refractivity contribution in [2.24, 2.45) is 5.92 Å². The van der Waals surface area contributed by atoms with E-state index in [1.807, 2.05) is 29.2 Å². The molecule has 10 nitrogen and oxygen atoms in total. The number of halogens is 2. The minimum atomic E-state index is -0.968. The molecule has 2 amide bonds. The van der Waals surface area contributed by atoms with Gasteiger partial charge in [0.2, 0.25) is 0 Å². The van der Waals surface area contributed by atoms with Crippen molar-refractivity contribution >= 4 is 40.9 Å². The first-order valence-corrected chi connectivity index (χ1v) is 17.1. The third-order valence-corrected chi connectivity index (χ3v) is 10.7. The van der Waals surface area contributed by atoms with Crippen LogP contribution in [-0.2, 0) is 22.4 Å². The van der Waals surface area contributed by atoms with E-state index in [2.05, 4.69) is 21.7 Å². The van der Waals surface area contributed by atoms with Gasteiger partial charge in [0.15, 0.2) is 6.10 Å². The molecule has 0 bridgehead atoms. The molecular weight excluding hydrogens is 615 g/mol. The number of benzene rings is 2. The van der Waals surface area contributed by atoms with Gasteiger partial charge in [0.1, 0.15) is 0 Å². The lowest BCUT2D eigenvalue weighted by Crippen LogP contribution is -2.54. The molecule has 2 N–H and O–H groups in total. The smallest absolute Gasteiger partial charge is 0.410 e. The van der Waals surface area contributed by atoms with Crippen LogP contribution in [0.1, 0.15) is 43.2 Å². The van der Waals surface area contributed by atoms with E-state index in [0.717, 1.165) is 73.8 Å². The van der Waals surface area contributed by atoms with Crippen LogP contribution in [0.25, 0.3) is 0 Å². The second-order valence-corrected chi connectivity index (χ2v) is 13.5. The highest BCUT2D eigenvalue weighted by Crippen LogP contribution is 2.32. The van der Waals surface area contributed by atoms with Crippen molar-refractivity contribution in [1.82, 2.24) is 25.2 Å². The van der Waals surface area contributed by atoms with Gasteiger partial charge in [-0.1, -0.05) is 47.5 Å². The standard InChI is InChI=1S/C33H43Cl2N6O4/c34-27-7-5-23(21-28(27)35)22-31(32(42)39-17-11-26(12-18-39)38-19-13-36-14-20-38)45-33(43)40-15-9-25(10-16-40)30-8-6-24-3-1-2-4-29(24)37-41(30)44/h1-5,7,21,25-26,30-31,36-37H,6,8-20,22H2/q-1/t30?,31-/m1/s1. The largest absolute Gasteiger partial charge is 0.767 e. The molecule has 4 aliphatic heterocycles. The Bertz CT molecular complexity index is 1330. The maximum atomic E-state index is 13.9. The monoisotopic (exact) mass is 657 g/mol. The number of hydrogen-bond acceptors (Lipinski definition) is 8. The van der Waals surface area contributed by atoms with Crippen LogP contribution in [0, 0.1) is 11.1 Å². The maximum absolute atomic E-state index is 13.9. The minimum absolute atomic E-state index is 0.152. The first-order chi connectivity index (χ1) is 21.9. The maximum Gasteiger partial charge on any atom is 0.410 e. The molecule has 2 aromatic rings. The van der Waals surface area contributed by atoms with E-state index in [4.69, 9.17) is 27.9 Å². The fourth-order valence-electron chi connectivity index (χ4n) is 7.32. The Hall–Kier alpha value is -2.60. The Morgan fingerprint density at radius 2 is 1.60 bits per heavy atom. The number of piperidine rings is 2. The van der Waals surface area contributed by atoms with Gasteiger partial charge in [-0.3, -0.25) is 14.9 Å². The summed E-state index contributed by atoms with van der Waals surface area (Å²) in [5.74, 6) is -0.0202. The van der Waals surface area contributed by atoms with Crippen molar-refractivity contribution in [2.45, 2.75) is 63.1 Å². The van der Waals surface area contributed by atoms with E-state index >= 15 is 0 Å². The Balaban J connectivity index is 1.07. The van der Waals surface area contributed by atoms with Crippen LogP contribution in [0.3, 0.4) is 0 Å². The Kier molecular flexibility index (Phi) is 10.7. The number of amides is 2. The van der Waals surface area contributed by atoms with Gasteiger partial charge in [-0.05, 0) is 73.8 Å². The van der Waals surface area contributed by atoms with Crippen molar-refractivity contribution in [1.29, 1.82) is 0 Å². The predicted octanol–water partition coefficient (Wildman–Crippen LogP) is 4.79. The normalized spacial score (nSPS) is 23.1. The number of para-hydroxylation sites is 1. The van der Waals surface area contributed by atoms with Gasteiger partial charge in [-0.25, -0.2) is 4.79 Å². The molecule has 0 spiro atoms. The lowest BCUT2D eigenvalue weighted by Gasteiger charge is -2.44. The van der Waals surface area contributed by atoms with Crippen molar-refractivity contribution in [2.75, 3.05) is 57.8 Å². The lowest BCUT2D eigenvalue weighted by atomic mass is 9.86. The third-order valence-electron chi connectivity index (χ3n) is 9.97. The first-order valence-electron chi connectivity index (χ1n) is 16.3. The van der Waals surface area contributed by atoms with Gasteiger partial charge in [0.25, 0.3) is 5.91 Å². The number of hydrazine groups is 1. The summed E-state index contributed by atoms with van der Waals surface area (Å²) in [5, 5.41) is 18.3. The summed E-state index contributed by atoms with van der Waals surface area (Å²) < 4.78 is 6.00. The van der Waals surface area contributed by atoms with E-state index in [1.54, 1.807) is 17.0 Å². The van der Waals surface area contributed by atoms with Crippen LogP contribution in [0.4, 0.5) is 10.5 Å². The molecule has 3 fully saturated rings. The highest BCUT2D eigenvalue weighted by atomic mass is 35.5. The molecule has 2 aromatic carbocycles. The summed E-state index contributed by atoms with van der Waals surface area (Å²) in [6.45, 7) is 6.29. The third kappa shape index (κ3) is 7.86. The highest BCUT2D eigenvalue weighted by Gasteiger charge is 2.36. The number of anilines is 1. The first kappa shape index (κ1) is 32.3. The van der Waals surface area contributed by atoms with Crippen LogP contribution in [-0.4, -0.2) is 102 Å². The molecule has 1 unspecified atom stereocenters. The number of hydrogen-bond donors (Lipinski definition) is 2. The van der Waals surface area contributed by atoms with E-state index < -0.39 is 12.2 Å². The SMILES string of the molecule is O=C(O[C@H](Cc1ccc(Cl)c(Cl)c1)C(=O)N1CCC(N2CCNCC2)CC1)N1CCC(C2CCc3ccccc3NN2[O-])CC1. The van der Waals surface area contributed by atoms with E-state index in [9.17, 15) is 14.8 Å². The lowest BCUT2D eigenvalue weighted by molar-refractivity contribution is -0.142. The van der Waals surface area contributed by atoms with Crippen molar-refractivity contribution in [3.05, 3.63) is 68.8 Å². The molecule has 45 heavy (non-hydrogen) atoms. The van der Waals surface area contributed by atoms with Crippen LogP contribution in [0.15, 0.2) is 42.5 Å². The summed E-state index contributed by atoms with van der Waals surface area (Å²) in [6.07, 6.45) is 3.55. The summed E-state index contributed by atoms with van der Waals surface area (Å²) in [6, 6.07) is 13.5. The highest BCUT2D eigenvalue weighted by molar-refractivity contribution is 6.42. The van der Waals surface area contributed by atoms with Crippen molar-refractivity contribution in [3.63, 3.8) is 0 Å². The Labute approximate surface area is 275 Å². The molecule has 0 aromatic heterocycles. The van der Waals surface area contributed by atoms with Gasteiger partial charge in [-0.15, -0.1) is 0 Å². The molecule has 244 valence electrons. The predicted molar refractivity (Wildman–Crippen MR) is 176 cm³/mol. The molecule has 0 aliphatic carbocycles. The second-order valence-electron chi connectivity index (χ2n) is 12.7. The Morgan fingerprint density at radius 3 is 2.33 bits per heavy atom. The van der Waals surface area contributed by atoms with Gasteiger partial charge >= 0.3 is 6.09 Å². The zero-order valence-electron chi connectivity index (χ0n) is 25.6. The molecule has 3 saturated heterocycles. The van der Waals surface area contributed by atoms with E-state index in [0.29, 0.717) is 55.1 Å². The van der Waals surface area contributed by atoms with Gasteiger partial charge in [0, 0.05) is 70.9 Å². The van der Waals surface area contributed by atoms with Gasteiger partial charge in [0.05, 0.1) is 15.7 Å². The number of carbonyl (C=O) groups excluding carboxylic acids is 2. The number of piperazine rings is 1. The number of rotatable bonds is 6. The van der Waals surface area contributed by atoms with Crippen LogP contribution in [0.5, 0.6) is 0 Å². The molecule has 2 atom stereocenters. The van der Waals surface area contributed by atoms with Crippen LogP contribution >= 0.6 is 23.2 Å². The van der Waals surface area contributed by atoms with E-state index in [1.165, 1.54) is 0 Å². The molecule has 4 aliphatic rings. The number of ether oxygens (including phenoxy) is 1. The van der Waals surface area contributed by atoms with Gasteiger partial charge < -0.3 is 30.5 Å². The fourth-order valence-corrected chi connectivity index (χ4v) is 7.64. The Morgan fingerprint density at radius 1 is 0.889 bits per heavy atom. The summed E-state index contributed by atoms with van der Waals surface area (Å²) >= 11 is 12.4.